The van der Waals surface area contributed by atoms with E-state index in [4.69, 9.17) is 0 Å². The monoisotopic (exact) mass is 1830 g/mol. The number of rotatable bonds is 59. The molecule has 0 amide bonds. The summed E-state index contributed by atoms with van der Waals surface area (Å²) in [4.78, 5) is 0. The molecule has 0 unspecified atom stereocenters. The van der Waals surface area contributed by atoms with E-state index >= 15 is 0 Å². The first-order chi connectivity index (χ1) is 62.2. The number of hydrogen-bond acceptors (Lipinski definition) is 16. The zero-order valence-electron chi connectivity index (χ0n) is 91.0. The van der Waals surface area contributed by atoms with E-state index in [0.29, 0.717) is 17.8 Å². The first-order valence-electron chi connectivity index (χ1n) is 53.2. The van der Waals surface area contributed by atoms with E-state index in [1.807, 2.05) is 43.5 Å². The molecule has 24 heteroatoms. The lowest BCUT2D eigenvalue weighted by Gasteiger charge is -2.08. The van der Waals surface area contributed by atoms with Crippen LogP contribution in [0.15, 0.2) is 49.6 Å². The van der Waals surface area contributed by atoms with E-state index in [2.05, 4.69) is 348 Å². The zero-order valence-corrected chi connectivity index (χ0v) is 91.0. The zero-order chi connectivity index (χ0) is 97.9. The smallest absolute Gasteiger partial charge is 0.0829 e. The van der Waals surface area contributed by atoms with E-state index < -0.39 is 0 Å². The molecule has 0 bridgehead atoms. The summed E-state index contributed by atoms with van der Waals surface area (Å²) in [6.07, 6.45) is 58.7. The molecule has 0 aliphatic carbocycles. The molecular weight excluding hydrogens is 1620 g/mol. The van der Waals surface area contributed by atoms with Crippen molar-refractivity contribution in [3.8, 4) is 0 Å². The van der Waals surface area contributed by atoms with Gasteiger partial charge in [-0.3, -0.25) is 18.7 Å². The summed E-state index contributed by atoms with van der Waals surface area (Å²) in [6.45, 7) is 80.2. The van der Waals surface area contributed by atoms with Crippen LogP contribution in [-0.2, 0) is 104 Å². The fourth-order valence-corrected chi connectivity index (χ4v) is 14.5. The molecule has 0 aliphatic heterocycles. The van der Waals surface area contributed by atoms with Crippen LogP contribution < -0.4 is 0 Å². The van der Waals surface area contributed by atoms with Gasteiger partial charge in [0.2, 0.25) is 0 Å². The van der Waals surface area contributed by atoms with Gasteiger partial charge in [0.05, 0.1) is 70.3 Å². The Labute approximate surface area is 803 Å². The fraction of sp³-hybridized carbons (Fsp3) is 0.850. The molecule has 0 saturated heterocycles. The largest absolute Gasteiger partial charge is 0.252 e. The molecule has 8 aromatic heterocycles. The van der Waals surface area contributed by atoms with Crippen LogP contribution >= 0.6 is 0 Å². The predicted octanol–water partition coefficient (Wildman–Crippen LogP) is 27.6. The van der Waals surface area contributed by atoms with Crippen LogP contribution in [-0.4, -0.2) is 120 Å². The van der Waals surface area contributed by atoms with Gasteiger partial charge in [-0.05, 0) is 236 Å². The molecule has 0 fully saturated rings. The molecule has 131 heavy (non-hydrogen) atoms. The van der Waals surface area contributed by atoms with Crippen LogP contribution in [0, 0.1) is 94.7 Å². The van der Waals surface area contributed by atoms with Crippen LogP contribution in [0.25, 0.3) is 0 Å². The van der Waals surface area contributed by atoms with Crippen molar-refractivity contribution < 1.29 is 0 Å². The maximum atomic E-state index is 4.21. The summed E-state index contributed by atoms with van der Waals surface area (Å²) >= 11 is 0. The van der Waals surface area contributed by atoms with Gasteiger partial charge in [-0.2, -0.15) is 0 Å². The van der Waals surface area contributed by atoms with Gasteiger partial charge in [0, 0.05) is 77.1 Å². The summed E-state index contributed by atoms with van der Waals surface area (Å²) in [5.74, 6) is 12.1. The Morgan fingerprint density at radius 3 is 0.824 bits per heavy atom. The number of unbranched alkanes of at least 4 members (excludes halogenated alkanes) is 6. The maximum absolute atomic E-state index is 4.21. The van der Waals surface area contributed by atoms with Gasteiger partial charge in [0.15, 0.2) is 0 Å². The highest BCUT2D eigenvalue weighted by Crippen LogP contribution is 2.20. The molecule has 0 atom stereocenters. The molecule has 8 aromatic rings. The molecule has 754 valence electrons. The molecule has 24 nitrogen and oxygen atoms in total. The van der Waals surface area contributed by atoms with E-state index in [1.54, 1.807) is 0 Å². The number of aromatic nitrogens is 24. The predicted molar refractivity (Wildman–Crippen MR) is 552 cm³/mol. The van der Waals surface area contributed by atoms with E-state index in [9.17, 15) is 0 Å². The highest BCUT2D eigenvalue weighted by molar-refractivity contribution is 4.99. The van der Waals surface area contributed by atoms with Crippen molar-refractivity contribution >= 4 is 0 Å². The summed E-state index contributed by atoms with van der Waals surface area (Å²) in [5.41, 5.74) is 9.71. The standard InChI is InChI=1S/C15H29N3.2C14H27N3.4C13H25N3.C12H23N3/c1-13(2)8-5-6-11-18-15(12-16-17-18)10-7-9-14(3)4;1-12(2)7-5-6-10-17-14(11-15-16-17)9-8-13(3)4;1-12(2)8-6-5-7-9-14-11-17(16-15-14)10-13(3)4;1-11(2)6-5-9-16-13(10-14-15-16)8-7-12(3)4;1-11(2)6-5-7-13-10-16(15-14-13)9-8-12(3)4;1-11(2)7-5-6-8-16-10-13(14-15-16)9-12(3)4;1-11(2)7-5-6-8-16-13(9-12(3)4)10-14-15-16;1-10(2)5-6-12-9-15(14-13-12)8-7-11(3)4/h12-14H,5-11H2,1-4H3;2*11-13H,5-10H2,1-4H3;4*10-12H,5-9H2,1-4H3;9-11H,5-8H2,1-4H3. The van der Waals surface area contributed by atoms with Crippen molar-refractivity contribution in [1.82, 2.24) is 120 Å². The highest BCUT2D eigenvalue weighted by atomic mass is 15.5. The Hall–Kier alpha value is -6.88. The van der Waals surface area contributed by atoms with Crippen molar-refractivity contribution in [2.24, 2.45) is 94.7 Å². The van der Waals surface area contributed by atoms with Crippen LogP contribution in [0.1, 0.15) is 440 Å². The molecule has 0 aromatic carbocycles. The second kappa shape index (κ2) is 75.3. The minimum Gasteiger partial charge on any atom is -0.252 e. The summed E-state index contributed by atoms with van der Waals surface area (Å²) in [6, 6.07) is 0. The molecule has 0 aliphatic rings. The molecule has 0 radical (unpaired) electrons. The first-order valence-corrected chi connectivity index (χ1v) is 53.2. The Morgan fingerprint density at radius 1 is 0.183 bits per heavy atom. The quantitative estimate of drug-likeness (QED) is 0.0322. The van der Waals surface area contributed by atoms with Crippen LogP contribution in [0.4, 0.5) is 0 Å². The Balaban J connectivity index is 0.000000749. The molecule has 0 N–H and O–H groups in total. The van der Waals surface area contributed by atoms with Crippen molar-refractivity contribution in [1.29, 1.82) is 0 Å². The van der Waals surface area contributed by atoms with Crippen molar-refractivity contribution in [3.63, 3.8) is 0 Å². The van der Waals surface area contributed by atoms with Gasteiger partial charge < -0.3 is 0 Å². The van der Waals surface area contributed by atoms with Crippen LogP contribution in [0.5, 0.6) is 0 Å². The second-order valence-electron chi connectivity index (χ2n) is 44.6. The fourth-order valence-electron chi connectivity index (χ4n) is 14.5. The summed E-state index contributed by atoms with van der Waals surface area (Å²) in [7, 11) is 0. The normalized spacial score (nSPS) is 11.6. The third-order valence-corrected chi connectivity index (χ3v) is 22.6. The Morgan fingerprint density at radius 2 is 0.450 bits per heavy atom. The maximum Gasteiger partial charge on any atom is 0.0829 e. The third kappa shape index (κ3) is 70.4. The Bertz CT molecular complexity index is 3790. The lowest BCUT2D eigenvalue weighted by atomic mass is 10.0. The van der Waals surface area contributed by atoms with Gasteiger partial charge in [-0.25, -0.2) is 18.7 Å². The molecule has 0 spiro atoms. The SMILES string of the molecule is CC(C)CCCCCc1cn(CC(C)C)nn1.CC(C)CCCCn1cc(CC(C)C)nn1.CC(C)CCCCn1nncc1CC(C)C.CC(C)CCCCn1nncc1CCC(C)C.CC(C)CCCCn1nncc1CCCC(C)C.CC(C)CCCc1cn(CCC(C)C)nn1.CC(C)CCCn1nncc1CCC(C)C.CC(C)CCc1cn(CCC(C)C)nn1. The number of nitrogens with zero attached hydrogens (tertiary/aromatic N) is 24. The summed E-state index contributed by atoms with van der Waals surface area (Å²) < 4.78 is 16.2. The number of aryl methyl sites for hydroxylation is 13. The Kier molecular flexibility index (Phi) is 70.2. The van der Waals surface area contributed by atoms with Gasteiger partial charge in [0.25, 0.3) is 0 Å². The summed E-state index contributed by atoms with van der Waals surface area (Å²) in [5, 5.41) is 66.1. The average Bonchev–Trinajstić information content (AvgIpc) is 1.77. The van der Waals surface area contributed by atoms with Gasteiger partial charge in [-0.1, -0.05) is 347 Å². The molecule has 8 rings (SSSR count). The van der Waals surface area contributed by atoms with Crippen LogP contribution in [0.3, 0.4) is 0 Å². The van der Waals surface area contributed by atoms with Gasteiger partial charge in [-0.15, -0.1) is 40.8 Å². The highest BCUT2D eigenvalue weighted by Gasteiger charge is 2.14. The molecular formula is C107H206N24. The average molecular weight is 1830 g/mol. The number of hydrogen-bond donors (Lipinski definition) is 0. The van der Waals surface area contributed by atoms with E-state index in [1.165, 1.54) is 196 Å². The molecule has 8 heterocycles. The van der Waals surface area contributed by atoms with Gasteiger partial charge >= 0.3 is 0 Å². The van der Waals surface area contributed by atoms with E-state index in [-0.39, 0.29) is 0 Å². The minimum atomic E-state index is 0.635. The van der Waals surface area contributed by atoms with Crippen molar-refractivity contribution in [3.05, 3.63) is 95.1 Å². The minimum absolute atomic E-state index is 0.635. The van der Waals surface area contributed by atoms with Crippen LogP contribution in [0.2, 0.25) is 0 Å². The third-order valence-electron chi connectivity index (χ3n) is 22.6. The van der Waals surface area contributed by atoms with Crippen molar-refractivity contribution in [2.75, 3.05) is 0 Å². The first kappa shape index (κ1) is 122. The topological polar surface area (TPSA) is 246 Å². The lowest BCUT2D eigenvalue weighted by Crippen LogP contribution is -2.08. The molecule has 0 saturated carbocycles. The van der Waals surface area contributed by atoms with Gasteiger partial charge in [0.1, 0.15) is 0 Å². The van der Waals surface area contributed by atoms with E-state index in [0.717, 1.165) is 203 Å². The lowest BCUT2D eigenvalue weighted by molar-refractivity contribution is 0.465. The van der Waals surface area contributed by atoms with Crippen molar-refractivity contribution in [2.45, 2.75) is 499 Å². The second-order valence-corrected chi connectivity index (χ2v) is 44.6.